The number of carbonyl (C=O) groups is 2. The Balaban J connectivity index is -0.0000000300. The second-order valence-corrected chi connectivity index (χ2v) is 0.500. The van der Waals surface area contributed by atoms with Crippen LogP contribution in [0.2, 0.25) is 0 Å². The Morgan fingerprint density at radius 2 is 0.800 bits per heavy atom. The minimum absolute atomic E-state index is 0. The van der Waals surface area contributed by atoms with Gasteiger partial charge >= 0.3 is 33.3 Å². The molecule has 8 heteroatoms. The standard InChI is InChI=1S/2CH2O3.Co.Ni/c2*2-1(3)4;;/h2*(H2,2,3,4);;/q;;2*+2/p-4. The Morgan fingerprint density at radius 3 is 0.800 bits per heavy atom. The molecule has 0 aromatic carbocycles. The van der Waals surface area contributed by atoms with Gasteiger partial charge in [-0.1, -0.05) is 0 Å². The molecule has 0 aliphatic rings. The van der Waals surface area contributed by atoms with Crippen molar-refractivity contribution in [1.29, 1.82) is 0 Å². The third kappa shape index (κ3) is 1520. The van der Waals surface area contributed by atoms with Crippen molar-refractivity contribution in [1.82, 2.24) is 0 Å². The molecule has 63 valence electrons. The van der Waals surface area contributed by atoms with E-state index in [9.17, 15) is 0 Å². The van der Waals surface area contributed by atoms with E-state index in [0.717, 1.165) is 0 Å². The van der Waals surface area contributed by atoms with Crippen molar-refractivity contribution in [3.63, 3.8) is 0 Å². The number of carbonyl (C=O) groups excluding carboxylic acids is 2. The number of hydrogen-bond acceptors (Lipinski definition) is 6. The maximum Gasteiger partial charge on any atom is 2.00 e. The first-order valence-corrected chi connectivity index (χ1v) is 1.22. The summed E-state index contributed by atoms with van der Waals surface area (Å²) >= 11 is 0. The summed E-state index contributed by atoms with van der Waals surface area (Å²) in [6, 6.07) is 0. The van der Waals surface area contributed by atoms with Gasteiger partial charge in [0.2, 0.25) is 0 Å². The summed E-state index contributed by atoms with van der Waals surface area (Å²) in [5.74, 6) is 0. The first-order chi connectivity index (χ1) is 3.46. The zero-order valence-corrected chi connectivity index (χ0v) is 6.13. The molecule has 0 saturated heterocycles. The fraction of sp³-hybridized carbons (Fsp3) is 0. The van der Waals surface area contributed by atoms with Crippen LogP contribution in [0, 0.1) is 0 Å². The van der Waals surface area contributed by atoms with Crippen LogP contribution in [0.4, 0.5) is 9.59 Å². The normalized spacial score (nSPS) is 4.80. The third-order valence-corrected chi connectivity index (χ3v) is 0. The van der Waals surface area contributed by atoms with Gasteiger partial charge in [-0.25, -0.2) is 0 Å². The van der Waals surface area contributed by atoms with E-state index in [1.165, 1.54) is 0 Å². The molecule has 0 aliphatic heterocycles. The van der Waals surface area contributed by atoms with E-state index < -0.39 is 12.3 Å². The predicted molar refractivity (Wildman–Crippen MR) is 10.8 cm³/mol. The molecule has 0 atom stereocenters. The van der Waals surface area contributed by atoms with E-state index in [1.807, 2.05) is 0 Å². The van der Waals surface area contributed by atoms with Crippen molar-refractivity contribution < 1.29 is 63.3 Å². The smallest absolute Gasteiger partial charge is 0.652 e. The van der Waals surface area contributed by atoms with Crippen molar-refractivity contribution in [3.05, 3.63) is 0 Å². The van der Waals surface area contributed by atoms with E-state index in [0.29, 0.717) is 0 Å². The van der Waals surface area contributed by atoms with E-state index in [-0.39, 0.29) is 33.3 Å². The van der Waals surface area contributed by atoms with Gasteiger partial charge in [-0.2, -0.15) is 0 Å². The quantitative estimate of drug-likeness (QED) is 0.389. The summed E-state index contributed by atoms with van der Waals surface area (Å²) in [6.07, 6.45) is -4.67. The molecule has 6 nitrogen and oxygen atoms in total. The van der Waals surface area contributed by atoms with Gasteiger partial charge in [-0.05, 0) is 12.3 Å². The molecule has 1 radical (unpaired) electrons. The van der Waals surface area contributed by atoms with Crippen molar-refractivity contribution >= 4 is 12.3 Å². The van der Waals surface area contributed by atoms with Crippen LogP contribution in [0.25, 0.3) is 0 Å². The van der Waals surface area contributed by atoms with E-state index in [4.69, 9.17) is 30.0 Å². The van der Waals surface area contributed by atoms with Gasteiger partial charge in [-0.3, -0.25) is 0 Å². The molecule has 0 spiro atoms. The van der Waals surface area contributed by atoms with Gasteiger partial charge < -0.3 is 30.0 Å². The molecule has 0 bridgehead atoms. The van der Waals surface area contributed by atoms with Crippen LogP contribution in [-0.2, 0) is 33.3 Å². The zero-order valence-electron chi connectivity index (χ0n) is 4.10. The molecule has 0 aliphatic carbocycles. The van der Waals surface area contributed by atoms with Crippen LogP contribution < -0.4 is 20.4 Å². The molecule has 0 saturated carbocycles. The summed E-state index contributed by atoms with van der Waals surface area (Å²) in [5, 5.41) is 33.3. The van der Waals surface area contributed by atoms with Gasteiger partial charge in [0.05, 0.1) is 0 Å². The van der Waals surface area contributed by atoms with Crippen LogP contribution in [0.1, 0.15) is 0 Å². The maximum absolute atomic E-state index is 8.33. The Morgan fingerprint density at radius 1 is 0.800 bits per heavy atom. The molecule has 0 amide bonds. The van der Waals surface area contributed by atoms with E-state index in [2.05, 4.69) is 0 Å². The monoisotopic (exact) mass is 237 g/mol. The zero-order chi connectivity index (χ0) is 7.15. The summed E-state index contributed by atoms with van der Waals surface area (Å²) in [6.45, 7) is 0. The summed E-state index contributed by atoms with van der Waals surface area (Å²) < 4.78 is 0. The third-order valence-electron chi connectivity index (χ3n) is 0. The van der Waals surface area contributed by atoms with Crippen LogP contribution in [0.15, 0.2) is 0 Å². The number of rotatable bonds is 0. The molecule has 10 heavy (non-hydrogen) atoms. The maximum atomic E-state index is 8.33. The van der Waals surface area contributed by atoms with Gasteiger partial charge in [0.25, 0.3) is 0 Å². The van der Waals surface area contributed by atoms with Crippen LogP contribution in [0.3, 0.4) is 0 Å². The minimum Gasteiger partial charge on any atom is -0.652 e. The average molecular weight is 238 g/mol. The fourth-order valence-electron chi connectivity index (χ4n) is 0. The second kappa shape index (κ2) is 15.8. The van der Waals surface area contributed by atoms with Gasteiger partial charge in [0.1, 0.15) is 0 Å². The Kier molecular flexibility index (Phi) is 35.9. The van der Waals surface area contributed by atoms with Crippen molar-refractivity contribution in [3.8, 4) is 0 Å². The molecular weight excluding hydrogens is 238 g/mol. The van der Waals surface area contributed by atoms with E-state index in [1.54, 1.807) is 0 Å². The Bertz CT molecular complexity index is 73.7. The molecule has 0 fully saturated rings. The molecule has 0 unspecified atom stereocenters. The van der Waals surface area contributed by atoms with Crippen LogP contribution >= 0.6 is 0 Å². The molecule has 0 aromatic rings. The van der Waals surface area contributed by atoms with Crippen LogP contribution in [0.5, 0.6) is 0 Å². The topological polar surface area (TPSA) is 126 Å². The summed E-state index contributed by atoms with van der Waals surface area (Å²) in [7, 11) is 0. The fourth-order valence-corrected chi connectivity index (χ4v) is 0. The minimum atomic E-state index is -2.33. The molecular formula is C2CoNiO6. The second-order valence-electron chi connectivity index (χ2n) is 0.500. The SMILES string of the molecule is O=C([O-])[O-].O=C([O-])[O-].[Co+2].[Ni+2]. The van der Waals surface area contributed by atoms with Crippen molar-refractivity contribution in [2.45, 2.75) is 0 Å². The van der Waals surface area contributed by atoms with Crippen LogP contribution in [-0.4, -0.2) is 12.3 Å². The summed E-state index contributed by atoms with van der Waals surface area (Å²) in [5.41, 5.74) is 0. The average Bonchev–Trinajstić information content (AvgIpc) is 1.25. The van der Waals surface area contributed by atoms with Gasteiger partial charge in [-0.15, -0.1) is 0 Å². The van der Waals surface area contributed by atoms with Gasteiger partial charge in [0, 0.05) is 0 Å². The number of carboxylic acid groups (broad SMARTS) is 4. The van der Waals surface area contributed by atoms with Crippen molar-refractivity contribution in [2.75, 3.05) is 0 Å². The molecule has 0 rings (SSSR count). The Labute approximate surface area is 76.0 Å². The molecule has 0 aromatic heterocycles. The first-order valence-electron chi connectivity index (χ1n) is 1.22. The summed E-state index contributed by atoms with van der Waals surface area (Å²) in [4.78, 5) is 16.7. The predicted octanol–water partition coefficient (Wildman–Crippen LogP) is -4.90. The van der Waals surface area contributed by atoms with Gasteiger partial charge in [0.15, 0.2) is 0 Å². The molecule has 0 N–H and O–H groups in total. The number of hydrogen-bond donors (Lipinski definition) is 0. The van der Waals surface area contributed by atoms with Crippen molar-refractivity contribution in [2.24, 2.45) is 0 Å². The first kappa shape index (κ1) is 22.7. The molecule has 0 heterocycles. The van der Waals surface area contributed by atoms with E-state index >= 15 is 0 Å². The largest absolute Gasteiger partial charge is 2.00 e. The Hall–Kier alpha value is -0.460.